The fraction of sp³-hybridized carbons (Fsp3) is 0.583. The molecule has 8 atom stereocenters. The maximum absolute atomic E-state index is 14.4. The maximum atomic E-state index is 14.4. The van der Waals surface area contributed by atoms with E-state index in [-0.39, 0.29) is 42.6 Å². The van der Waals surface area contributed by atoms with E-state index in [9.17, 15) is 28.8 Å². The van der Waals surface area contributed by atoms with Crippen molar-refractivity contribution in [3.63, 3.8) is 0 Å². The normalized spacial score (nSPS) is 22.4. The third kappa shape index (κ3) is 11.2. The fourth-order valence-electron chi connectivity index (χ4n) is 9.49. The van der Waals surface area contributed by atoms with Crippen LogP contribution in [0.1, 0.15) is 125 Å². The van der Waals surface area contributed by atoms with Gasteiger partial charge in [-0.25, -0.2) is 0 Å². The van der Waals surface area contributed by atoms with E-state index in [1.54, 1.807) is 30.8 Å². The monoisotopic (exact) mass is 851 g/mol. The molecule has 2 aliphatic carbocycles. The third-order valence-corrected chi connectivity index (χ3v) is 13.1. The Labute approximate surface area is 366 Å². The first-order valence-corrected chi connectivity index (χ1v) is 22.8. The minimum Gasteiger partial charge on any atom is -0.347 e. The zero-order valence-corrected chi connectivity index (χ0v) is 36.9. The molecule has 0 radical (unpaired) electrons. The van der Waals surface area contributed by atoms with Gasteiger partial charge in [-0.15, -0.1) is 11.8 Å². The maximum Gasteiger partial charge on any atom is 0.246 e. The van der Waals surface area contributed by atoms with Crippen molar-refractivity contribution in [2.75, 3.05) is 27.2 Å². The van der Waals surface area contributed by atoms with Crippen molar-refractivity contribution in [3.05, 3.63) is 70.8 Å². The Morgan fingerprint density at radius 3 is 1.55 bits per heavy atom. The van der Waals surface area contributed by atoms with Gasteiger partial charge in [-0.3, -0.25) is 28.8 Å². The standard InChI is InChI=1S/C48H66N8O6/c1-5-16-38(50-4)44(58)54-40(48(62)56-30-15-28-42(56)46(60)52-37-26-13-20-33-18-7-9-22-35(33)37)24-11-10-23-39(53-43(57)31(2)49-3)47(61)55-29-14-27-41(55)45(59)51-36-25-12-19-32-17-6-8-21-34(32)36/h6-9,17-18,21-22,31,36-42,49-50H,5,12-16,19-20,23-30H2,1-4H3,(H,51,59)(H,52,60)(H,53,57)(H,54,58)/t31-,36+,37+,38-,39-,40-,41-,42-/m0/s1. The lowest BCUT2D eigenvalue weighted by Gasteiger charge is -2.32. The second-order valence-electron chi connectivity index (χ2n) is 17.2. The van der Waals surface area contributed by atoms with Crippen LogP contribution in [0.4, 0.5) is 0 Å². The first-order chi connectivity index (χ1) is 30.0. The lowest BCUT2D eigenvalue weighted by Crippen LogP contribution is -2.56. The molecule has 6 rings (SSSR count). The first-order valence-electron chi connectivity index (χ1n) is 22.8. The average Bonchev–Trinajstić information content (AvgIpc) is 4.00. The van der Waals surface area contributed by atoms with Gasteiger partial charge in [0.05, 0.1) is 24.2 Å². The minimum absolute atomic E-state index is 0.0760. The summed E-state index contributed by atoms with van der Waals surface area (Å²) in [6.07, 6.45) is 8.93. The molecule has 0 unspecified atom stereocenters. The number of aryl methyl sites for hydroxylation is 2. The number of fused-ring (bicyclic) bond motifs is 2. The van der Waals surface area contributed by atoms with Crippen molar-refractivity contribution in [3.8, 4) is 11.8 Å². The second kappa shape index (κ2) is 22.2. The lowest BCUT2D eigenvalue weighted by atomic mass is 9.87. The number of benzene rings is 2. The van der Waals surface area contributed by atoms with Gasteiger partial charge in [-0.05, 0) is 114 Å². The summed E-state index contributed by atoms with van der Waals surface area (Å²) >= 11 is 0. The van der Waals surface area contributed by atoms with Gasteiger partial charge in [0.2, 0.25) is 35.4 Å². The van der Waals surface area contributed by atoms with Crippen molar-refractivity contribution in [2.45, 2.75) is 152 Å². The minimum atomic E-state index is -1.06. The Morgan fingerprint density at radius 1 is 0.629 bits per heavy atom. The fourth-order valence-corrected chi connectivity index (χ4v) is 9.49. The highest BCUT2D eigenvalue weighted by Gasteiger charge is 2.41. The number of amides is 6. The van der Waals surface area contributed by atoms with Crippen LogP contribution in [0.5, 0.6) is 0 Å². The molecule has 2 fully saturated rings. The number of hydrogen-bond acceptors (Lipinski definition) is 8. The molecule has 62 heavy (non-hydrogen) atoms. The van der Waals surface area contributed by atoms with E-state index in [0.29, 0.717) is 45.2 Å². The van der Waals surface area contributed by atoms with Gasteiger partial charge in [0, 0.05) is 25.9 Å². The molecule has 2 aliphatic heterocycles. The van der Waals surface area contributed by atoms with Crippen LogP contribution in [0, 0.1) is 11.8 Å². The number of hydrogen-bond donors (Lipinski definition) is 6. The molecule has 6 N–H and O–H groups in total. The van der Waals surface area contributed by atoms with Gasteiger partial charge in [-0.2, -0.15) is 0 Å². The highest BCUT2D eigenvalue weighted by molar-refractivity contribution is 5.95. The smallest absolute Gasteiger partial charge is 0.246 e. The Kier molecular flexibility index (Phi) is 16.6. The van der Waals surface area contributed by atoms with E-state index in [1.165, 1.54) is 11.1 Å². The predicted molar refractivity (Wildman–Crippen MR) is 237 cm³/mol. The number of likely N-dealkylation sites (tertiary alicyclic amines) is 2. The van der Waals surface area contributed by atoms with E-state index >= 15 is 0 Å². The van der Waals surface area contributed by atoms with Gasteiger partial charge in [0.15, 0.2) is 0 Å². The molecule has 0 aromatic heterocycles. The van der Waals surface area contributed by atoms with Crippen LogP contribution in [-0.4, -0.2) is 109 Å². The number of nitrogens with zero attached hydrogens (tertiary/aromatic N) is 2. The summed E-state index contributed by atoms with van der Waals surface area (Å²) in [5.74, 6) is 4.13. The Morgan fingerprint density at radius 2 is 1.10 bits per heavy atom. The predicted octanol–water partition coefficient (Wildman–Crippen LogP) is 3.11. The average molecular weight is 851 g/mol. The van der Waals surface area contributed by atoms with Crippen molar-refractivity contribution in [1.82, 2.24) is 41.7 Å². The quantitative estimate of drug-likeness (QED) is 0.140. The van der Waals surface area contributed by atoms with E-state index in [0.717, 1.165) is 56.1 Å². The molecule has 0 bridgehead atoms. The molecular formula is C48H66N8O6. The van der Waals surface area contributed by atoms with Gasteiger partial charge in [-0.1, -0.05) is 61.9 Å². The van der Waals surface area contributed by atoms with Crippen LogP contribution in [0.15, 0.2) is 48.5 Å². The highest BCUT2D eigenvalue weighted by Crippen LogP contribution is 2.32. The lowest BCUT2D eigenvalue weighted by molar-refractivity contribution is -0.141. The molecule has 334 valence electrons. The summed E-state index contributed by atoms with van der Waals surface area (Å²) < 4.78 is 0. The van der Waals surface area contributed by atoms with Crippen LogP contribution in [0.25, 0.3) is 0 Å². The van der Waals surface area contributed by atoms with Crippen molar-refractivity contribution < 1.29 is 28.8 Å². The van der Waals surface area contributed by atoms with Crippen molar-refractivity contribution in [2.24, 2.45) is 0 Å². The van der Waals surface area contributed by atoms with Crippen molar-refractivity contribution in [1.29, 1.82) is 0 Å². The summed E-state index contributed by atoms with van der Waals surface area (Å²) in [5, 5.41) is 18.2. The zero-order chi connectivity index (χ0) is 44.2. The summed E-state index contributed by atoms with van der Waals surface area (Å²) in [7, 11) is 3.35. The number of carbonyl (C=O) groups is 6. The number of nitrogens with one attached hydrogen (secondary N) is 6. The van der Waals surface area contributed by atoms with Crippen LogP contribution in [-0.2, 0) is 41.6 Å². The van der Waals surface area contributed by atoms with E-state index in [4.69, 9.17) is 0 Å². The van der Waals surface area contributed by atoms with Crippen LogP contribution < -0.4 is 31.9 Å². The molecular weight excluding hydrogens is 785 g/mol. The number of rotatable bonds is 16. The number of likely N-dealkylation sites (N-methyl/N-ethyl adjacent to an activating group) is 2. The summed E-state index contributed by atoms with van der Waals surface area (Å²) in [5.41, 5.74) is 4.67. The molecule has 2 aromatic rings. The SMILES string of the molecule is CCC[C@H](NC)C(=O)N[C@@H](CC#CC[C@H](NC(=O)[C@H](C)NC)C(=O)N1CCC[C@H]1C(=O)N[C@@H]1CCCc2ccccc21)C(=O)N1CCC[C@H]1C(=O)N[C@@H]1CCCc2ccccc21. The van der Waals surface area contributed by atoms with Crippen LogP contribution >= 0.6 is 0 Å². The topological polar surface area (TPSA) is 181 Å². The summed E-state index contributed by atoms with van der Waals surface area (Å²) in [4.78, 5) is 86.3. The molecule has 14 nitrogen and oxygen atoms in total. The molecule has 2 aromatic carbocycles. The van der Waals surface area contributed by atoms with Crippen LogP contribution in [0.2, 0.25) is 0 Å². The van der Waals surface area contributed by atoms with Gasteiger partial charge < -0.3 is 41.7 Å². The Hall–Kier alpha value is -5.26. The first kappa shape index (κ1) is 46.2. The highest BCUT2D eigenvalue weighted by atomic mass is 16.2. The summed E-state index contributed by atoms with van der Waals surface area (Å²) in [6.45, 7) is 4.40. The Bertz CT molecular complexity index is 2000. The molecule has 6 amide bonds. The van der Waals surface area contributed by atoms with E-state index in [2.05, 4.69) is 68.0 Å². The molecule has 4 aliphatic rings. The molecule has 2 saturated heterocycles. The number of carbonyl (C=O) groups excluding carboxylic acids is 6. The molecule has 2 heterocycles. The van der Waals surface area contributed by atoms with Gasteiger partial charge >= 0.3 is 0 Å². The van der Waals surface area contributed by atoms with Crippen molar-refractivity contribution >= 4 is 35.4 Å². The molecule has 0 spiro atoms. The molecule has 0 saturated carbocycles. The van der Waals surface area contributed by atoms with E-state index in [1.807, 2.05) is 31.2 Å². The van der Waals surface area contributed by atoms with E-state index < -0.39 is 54.0 Å². The Balaban J connectivity index is 1.17. The van der Waals surface area contributed by atoms with Gasteiger partial charge in [0.1, 0.15) is 24.2 Å². The second-order valence-corrected chi connectivity index (χ2v) is 17.2. The zero-order valence-electron chi connectivity index (χ0n) is 36.9. The molecule has 14 heteroatoms. The van der Waals surface area contributed by atoms with Gasteiger partial charge in [0.25, 0.3) is 0 Å². The van der Waals surface area contributed by atoms with Crippen LogP contribution in [0.3, 0.4) is 0 Å². The summed E-state index contributed by atoms with van der Waals surface area (Å²) in [6, 6.07) is 11.4. The largest absolute Gasteiger partial charge is 0.347 e. The third-order valence-electron chi connectivity index (χ3n) is 13.1.